The molecule has 5 aromatic rings. The zero-order valence-electron chi connectivity index (χ0n) is 31.9. The topological polar surface area (TPSA) is 144 Å². The summed E-state index contributed by atoms with van der Waals surface area (Å²) in [5.74, 6) is 1.16. The molecule has 0 bridgehead atoms. The van der Waals surface area contributed by atoms with Crippen molar-refractivity contribution >= 4 is 34.4 Å². The molecule has 4 aliphatic heterocycles. The molecule has 2 amide bonds. The molecule has 294 valence electrons. The van der Waals surface area contributed by atoms with Gasteiger partial charge in [-0.3, -0.25) is 24.7 Å². The minimum Gasteiger partial charge on any atom is -0.494 e. The summed E-state index contributed by atoms with van der Waals surface area (Å²) in [7, 11) is 1.42. The summed E-state index contributed by atoms with van der Waals surface area (Å²) >= 11 is 0. The number of halogens is 1. The molecule has 4 atom stereocenters. The van der Waals surface area contributed by atoms with Crippen LogP contribution in [0.1, 0.15) is 49.6 Å². The average Bonchev–Trinajstić information content (AvgIpc) is 4.00. The molecule has 14 heteroatoms. The number of imide groups is 1. The molecule has 5 aliphatic rings. The number of amides is 2. The summed E-state index contributed by atoms with van der Waals surface area (Å²) < 4.78 is 27.7. The number of likely N-dealkylation sites (tertiary alicyclic amines) is 2. The van der Waals surface area contributed by atoms with Crippen LogP contribution in [-0.4, -0.2) is 99.8 Å². The van der Waals surface area contributed by atoms with Crippen LogP contribution in [-0.2, 0) is 9.59 Å². The third-order valence-corrected chi connectivity index (χ3v) is 13.1. The Bertz CT molecular complexity index is 2320. The lowest BCUT2D eigenvalue weighted by Crippen LogP contribution is -2.62. The van der Waals surface area contributed by atoms with Gasteiger partial charge in [0.1, 0.15) is 23.6 Å². The second-order valence-corrected chi connectivity index (χ2v) is 16.3. The number of rotatable bonds is 9. The van der Waals surface area contributed by atoms with E-state index in [2.05, 4.69) is 58.9 Å². The van der Waals surface area contributed by atoms with Crippen molar-refractivity contribution in [1.82, 2.24) is 34.9 Å². The first-order chi connectivity index (χ1) is 27.8. The van der Waals surface area contributed by atoms with Crippen molar-refractivity contribution in [3.8, 4) is 28.5 Å². The van der Waals surface area contributed by atoms with Crippen molar-refractivity contribution in [3.05, 3.63) is 84.4 Å². The number of fused-ring (bicyclic) bond motifs is 2. The van der Waals surface area contributed by atoms with Crippen LogP contribution in [0.5, 0.6) is 17.2 Å². The Kier molecular flexibility index (Phi) is 9.05. The van der Waals surface area contributed by atoms with E-state index in [9.17, 15) is 14.0 Å². The number of carbonyl (C=O) groups is 2. The lowest BCUT2D eigenvalue weighted by molar-refractivity contribution is -0.134. The molecular formula is C43H46FN9O4. The van der Waals surface area contributed by atoms with Gasteiger partial charge in [0, 0.05) is 69.0 Å². The third-order valence-electron chi connectivity index (χ3n) is 13.1. The van der Waals surface area contributed by atoms with Gasteiger partial charge in [0.2, 0.25) is 17.6 Å². The number of carbonyl (C=O) groups excluding carboxylic acids is 2. The molecule has 4 unspecified atom stereocenters. The number of nitrogens with one attached hydrogen (secondary N) is 1. The molecule has 2 aromatic heterocycles. The van der Waals surface area contributed by atoms with E-state index in [1.165, 1.54) is 19.1 Å². The summed E-state index contributed by atoms with van der Waals surface area (Å²) in [5.41, 5.74) is 11.0. The van der Waals surface area contributed by atoms with Crippen molar-refractivity contribution in [1.29, 1.82) is 0 Å². The van der Waals surface area contributed by atoms with E-state index in [4.69, 9.17) is 20.3 Å². The van der Waals surface area contributed by atoms with Crippen molar-refractivity contribution in [3.63, 3.8) is 0 Å². The highest BCUT2D eigenvalue weighted by molar-refractivity contribution is 6.01. The number of nitrogens with two attached hydrogens (primary N) is 1. The van der Waals surface area contributed by atoms with Gasteiger partial charge in [-0.15, -0.1) is 0 Å². The number of piperidine rings is 1. The van der Waals surface area contributed by atoms with E-state index in [0.29, 0.717) is 48.3 Å². The maximum Gasteiger partial charge on any atom is 0.234 e. The van der Waals surface area contributed by atoms with Crippen LogP contribution in [0.2, 0.25) is 0 Å². The van der Waals surface area contributed by atoms with Gasteiger partial charge >= 0.3 is 0 Å². The fourth-order valence-electron chi connectivity index (χ4n) is 10.0. The Morgan fingerprint density at radius 2 is 1.56 bits per heavy atom. The zero-order chi connectivity index (χ0) is 38.8. The minimum atomic E-state index is -0.552. The number of benzene rings is 3. The molecule has 3 aromatic carbocycles. The van der Waals surface area contributed by atoms with Crippen LogP contribution in [0.3, 0.4) is 0 Å². The largest absolute Gasteiger partial charge is 0.494 e. The number of aromatic nitrogens is 4. The summed E-state index contributed by atoms with van der Waals surface area (Å²) in [6.45, 7) is 6.54. The van der Waals surface area contributed by atoms with E-state index in [0.717, 1.165) is 86.4 Å². The normalized spacial score (nSPS) is 25.5. The predicted octanol–water partition coefficient (Wildman–Crippen LogP) is 5.38. The third kappa shape index (κ3) is 6.54. The predicted molar refractivity (Wildman–Crippen MR) is 213 cm³/mol. The summed E-state index contributed by atoms with van der Waals surface area (Å²) in [5, 5.41) is 8.36. The second-order valence-electron chi connectivity index (χ2n) is 16.3. The summed E-state index contributed by atoms with van der Waals surface area (Å²) in [6.07, 6.45) is 5.74. The molecule has 57 heavy (non-hydrogen) atoms. The highest BCUT2D eigenvalue weighted by Crippen LogP contribution is 2.47. The molecule has 1 saturated carbocycles. The van der Waals surface area contributed by atoms with Gasteiger partial charge in [0.15, 0.2) is 17.1 Å². The van der Waals surface area contributed by atoms with E-state index in [1.54, 1.807) is 30.3 Å². The number of hydrogen-bond donors (Lipinski definition) is 2. The minimum absolute atomic E-state index is 0.0872. The highest BCUT2D eigenvalue weighted by Gasteiger charge is 2.47. The molecule has 13 nitrogen and oxygen atoms in total. The molecule has 5 fully saturated rings. The monoisotopic (exact) mass is 771 g/mol. The lowest BCUT2D eigenvalue weighted by atomic mass is 9.90. The number of anilines is 2. The van der Waals surface area contributed by atoms with Crippen LogP contribution in [0.15, 0.2) is 73.1 Å². The van der Waals surface area contributed by atoms with Crippen LogP contribution < -0.4 is 25.4 Å². The van der Waals surface area contributed by atoms with E-state index >= 15 is 0 Å². The standard InChI is InChI=1S/C43H46FN9O4/c1-56-35-3-2-4-36(39(35)44)57-33-11-7-26(8-12-33)40-38-41(45)46-24-47-42(38)53(49-40)31-17-27-19-51(20-28(27)18-31)32-22-52(23-32)30-15-16-50(21-30)29-9-5-25(6-10-29)34-13-14-37(54)48-43(34)55/h2-12,24,27-28,30-32,34H,13-23H2,1H3,(H2,45,46,47)(H,48,54,55). The highest BCUT2D eigenvalue weighted by atomic mass is 19.1. The molecule has 0 radical (unpaired) electrons. The molecule has 10 rings (SSSR count). The van der Waals surface area contributed by atoms with E-state index < -0.39 is 5.82 Å². The van der Waals surface area contributed by atoms with Crippen molar-refractivity contribution in [2.75, 3.05) is 57.0 Å². The van der Waals surface area contributed by atoms with E-state index in [1.807, 2.05) is 12.1 Å². The quantitative estimate of drug-likeness (QED) is 0.187. The Morgan fingerprint density at radius 3 is 2.30 bits per heavy atom. The number of nitrogens with zero attached hydrogens (tertiary/aromatic N) is 7. The fourth-order valence-corrected chi connectivity index (χ4v) is 10.0. The van der Waals surface area contributed by atoms with Crippen molar-refractivity contribution in [2.24, 2.45) is 11.8 Å². The number of nitrogen functional groups attached to an aromatic ring is 1. The fraction of sp³-hybridized carbons (Fsp3) is 0.419. The van der Waals surface area contributed by atoms with Gasteiger partial charge in [-0.2, -0.15) is 9.49 Å². The van der Waals surface area contributed by atoms with Gasteiger partial charge in [-0.1, -0.05) is 18.2 Å². The first-order valence-corrected chi connectivity index (χ1v) is 20.1. The maximum absolute atomic E-state index is 14.7. The molecule has 6 heterocycles. The van der Waals surface area contributed by atoms with Crippen LogP contribution in [0, 0.1) is 17.7 Å². The summed E-state index contributed by atoms with van der Waals surface area (Å²) in [4.78, 5) is 40.8. The van der Waals surface area contributed by atoms with E-state index in [-0.39, 0.29) is 35.3 Å². The van der Waals surface area contributed by atoms with Crippen molar-refractivity contribution < 1.29 is 23.5 Å². The summed E-state index contributed by atoms with van der Waals surface area (Å²) in [6, 6.07) is 22.0. The Labute approximate surface area is 329 Å². The average molecular weight is 772 g/mol. The first-order valence-electron chi connectivity index (χ1n) is 20.1. The Balaban J connectivity index is 0.748. The van der Waals surface area contributed by atoms with Gasteiger partial charge in [-0.05, 0) is 91.6 Å². The van der Waals surface area contributed by atoms with Gasteiger partial charge in [-0.25, -0.2) is 14.6 Å². The number of methoxy groups -OCH3 is 1. The number of ether oxygens (including phenoxy) is 2. The molecule has 1 aliphatic carbocycles. The van der Waals surface area contributed by atoms with Gasteiger partial charge in [0.25, 0.3) is 0 Å². The van der Waals surface area contributed by atoms with Gasteiger partial charge < -0.3 is 20.1 Å². The van der Waals surface area contributed by atoms with Crippen LogP contribution >= 0.6 is 0 Å². The number of hydrogen-bond acceptors (Lipinski definition) is 11. The van der Waals surface area contributed by atoms with Gasteiger partial charge in [0.05, 0.1) is 24.5 Å². The van der Waals surface area contributed by atoms with Crippen molar-refractivity contribution in [2.45, 2.75) is 56.1 Å². The smallest absolute Gasteiger partial charge is 0.234 e. The Morgan fingerprint density at radius 1 is 0.825 bits per heavy atom. The molecule has 4 saturated heterocycles. The SMILES string of the molecule is COc1cccc(Oc2ccc(-c3nn(C4CC5CN(C6CN(C7CCN(c8ccc(C9CCC(=O)NC9=O)cc8)C7)C6)CC5C4)c4ncnc(N)c34)cc2)c1F. The molecule has 3 N–H and O–H groups in total. The lowest BCUT2D eigenvalue weighted by Gasteiger charge is -2.47. The Hall–Kier alpha value is -5.60. The van der Waals surface area contributed by atoms with Crippen LogP contribution in [0.25, 0.3) is 22.3 Å². The zero-order valence-corrected chi connectivity index (χ0v) is 31.9. The molecular weight excluding hydrogens is 726 g/mol. The second kappa shape index (κ2) is 14.4. The maximum atomic E-state index is 14.7. The van der Waals surface area contributed by atoms with Crippen LogP contribution in [0.4, 0.5) is 15.9 Å². The molecule has 0 spiro atoms. The first kappa shape index (κ1) is 35.8.